The van der Waals surface area contributed by atoms with Gasteiger partial charge in [0.1, 0.15) is 11.4 Å². The lowest BCUT2D eigenvalue weighted by Crippen LogP contribution is -2.22. The lowest BCUT2D eigenvalue weighted by atomic mass is 10.1. The predicted molar refractivity (Wildman–Crippen MR) is 94.7 cm³/mol. The number of hydrogen-bond acceptors (Lipinski definition) is 4. The third-order valence-corrected chi connectivity index (χ3v) is 6.81. The molecule has 0 spiro atoms. The first-order chi connectivity index (χ1) is 12.4. The number of aryl methyl sites for hydroxylation is 1. The van der Waals surface area contributed by atoms with Crippen LogP contribution in [-0.4, -0.2) is 24.0 Å². The zero-order valence-corrected chi connectivity index (χ0v) is 16.2. The summed E-state index contributed by atoms with van der Waals surface area (Å²) in [4.78, 5) is 12.0. The third kappa shape index (κ3) is 4.14. The van der Waals surface area contributed by atoms with Gasteiger partial charge in [-0.2, -0.15) is 18.3 Å². The minimum atomic E-state index is -4.76. The van der Waals surface area contributed by atoms with Gasteiger partial charge in [-0.05, 0) is 30.9 Å². The number of alkyl halides is 3. The van der Waals surface area contributed by atoms with Gasteiger partial charge in [0, 0.05) is 18.7 Å². The van der Waals surface area contributed by atoms with Gasteiger partial charge in [0.15, 0.2) is 9.84 Å². The Balaban J connectivity index is 2.17. The first kappa shape index (κ1) is 20.2. The molecule has 0 atom stereocenters. The highest BCUT2D eigenvalue weighted by molar-refractivity contribution is 7.91. The van der Waals surface area contributed by atoms with Crippen molar-refractivity contribution in [2.45, 2.75) is 23.9 Å². The second-order valence-corrected chi connectivity index (χ2v) is 9.17. The highest BCUT2D eigenvalue weighted by Crippen LogP contribution is 2.37. The molecule has 1 aromatic carbocycles. The van der Waals surface area contributed by atoms with Crippen molar-refractivity contribution >= 4 is 33.0 Å². The first-order valence-corrected chi connectivity index (χ1v) is 10.2. The molecular weight excluding hydrogens is 428 g/mol. The summed E-state index contributed by atoms with van der Waals surface area (Å²) < 4.78 is 64.4. The molecule has 0 saturated heterocycles. The summed E-state index contributed by atoms with van der Waals surface area (Å²) in [6.07, 6.45) is -3.15. The molecule has 0 N–H and O–H groups in total. The fourth-order valence-corrected chi connectivity index (χ4v) is 5.24. The molecule has 1 aliphatic rings. The summed E-state index contributed by atoms with van der Waals surface area (Å²) in [5.41, 5.74) is -2.75. The summed E-state index contributed by atoms with van der Waals surface area (Å²) in [6, 6.07) is 2.64. The lowest BCUT2D eigenvalue weighted by Gasteiger charge is -2.14. The lowest BCUT2D eigenvalue weighted by molar-refractivity contribution is -0.144. The zero-order valence-electron chi connectivity index (χ0n) is 13.8. The Hall–Kier alpha value is -1.58. The Morgan fingerprint density at radius 1 is 1.19 bits per heavy atom. The van der Waals surface area contributed by atoms with Crippen molar-refractivity contribution in [3.63, 3.8) is 0 Å². The molecule has 0 unspecified atom stereocenters. The first-order valence-electron chi connectivity index (χ1n) is 7.78. The fraction of sp³-hybridized carbons (Fsp3) is 0.375. The van der Waals surface area contributed by atoms with Crippen molar-refractivity contribution in [1.29, 1.82) is 0 Å². The monoisotopic (exact) mass is 440 g/mol. The molecule has 3 rings (SSSR count). The van der Waals surface area contributed by atoms with Gasteiger partial charge in [-0.15, -0.1) is 0 Å². The molecule has 1 aliphatic carbocycles. The molecule has 27 heavy (non-hydrogen) atoms. The number of aromatic nitrogens is 2. The van der Waals surface area contributed by atoms with Crippen LogP contribution in [0.25, 0.3) is 11.3 Å². The Labute approximate surface area is 162 Å². The van der Waals surface area contributed by atoms with Gasteiger partial charge in [-0.25, -0.2) is 8.42 Å². The van der Waals surface area contributed by atoms with Crippen molar-refractivity contribution in [3.05, 3.63) is 44.2 Å². The van der Waals surface area contributed by atoms with Crippen LogP contribution in [0, 0.1) is 5.92 Å². The van der Waals surface area contributed by atoms with Gasteiger partial charge in [-0.3, -0.25) is 9.48 Å². The van der Waals surface area contributed by atoms with E-state index in [-0.39, 0.29) is 32.2 Å². The Morgan fingerprint density at radius 3 is 2.37 bits per heavy atom. The SMILES string of the molecule is Cn1nc(-c2cc(S(=O)(=O)CC3CC3)c(Cl)cc2Cl)c(=O)cc1C(F)(F)F. The van der Waals surface area contributed by atoms with Crippen LogP contribution in [0.15, 0.2) is 27.9 Å². The van der Waals surface area contributed by atoms with Crippen molar-refractivity contribution in [2.75, 3.05) is 5.75 Å². The largest absolute Gasteiger partial charge is 0.433 e. The van der Waals surface area contributed by atoms with E-state index < -0.39 is 32.8 Å². The minimum Gasteiger partial charge on any atom is -0.287 e. The topological polar surface area (TPSA) is 69.0 Å². The van der Waals surface area contributed by atoms with Crippen LogP contribution in [0.1, 0.15) is 18.5 Å². The molecule has 146 valence electrons. The van der Waals surface area contributed by atoms with Gasteiger partial charge in [0.05, 0.1) is 20.7 Å². The van der Waals surface area contributed by atoms with Crippen LogP contribution in [0.5, 0.6) is 0 Å². The van der Waals surface area contributed by atoms with E-state index in [1.165, 1.54) is 0 Å². The quantitative estimate of drug-likeness (QED) is 0.721. The number of sulfone groups is 1. The zero-order chi connectivity index (χ0) is 20.1. The number of rotatable bonds is 4. The average molecular weight is 441 g/mol. The summed E-state index contributed by atoms with van der Waals surface area (Å²) in [5.74, 6) is -0.0334. The molecule has 1 heterocycles. The van der Waals surface area contributed by atoms with E-state index in [2.05, 4.69) is 5.10 Å². The van der Waals surface area contributed by atoms with Crippen LogP contribution in [0.3, 0.4) is 0 Å². The van der Waals surface area contributed by atoms with Crippen LogP contribution < -0.4 is 5.43 Å². The predicted octanol–water partition coefficient (Wildman–Crippen LogP) is 3.96. The molecule has 1 saturated carbocycles. The number of halogens is 5. The number of hydrogen-bond donors (Lipinski definition) is 0. The Bertz CT molecular complexity index is 1080. The molecular formula is C16H13Cl2F3N2O3S. The van der Waals surface area contributed by atoms with Gasteiger partial charge in [-0.1, -0.05) is 23.2 Å². The van der Waals surface area contributed by atoms with E-state index in [9.17, 15) is 26.4 Å². The van der Waals surface area contributed by atoms with E-state index in [0.29, 0.717) is 10.7 Å². The van der Waals surface area contributed by atoms with Crippen LogP contribution in [0.2, 0.25) is 10.0 Å². The van der Waals surface area contributed by atoms with Crippen LogP contribution in [0.4, 0.5) is 13.2 Å². The second-order valence-electron chi connectivity index (χ2n) is 6.35. The summed E-state index contributed by atoms with van der Waals surface area (Å²) in [7, 11) is -2.71. The minimum absolute atomic E-state index is 0.0576. The maximum atomic E-state index is 12.9. The normalized spacial score (nSPS) is 15.2. The van der Waals surface area contributed by atoms with Gasteiger partial charge in [0.25, 0.3) is 0 Å². The third-order valence-electron chi connectivity index (χ3n) is 4.15. The van der Waals surface area contributed by atoms with E-state index in [1.807, 2.05) is 0 Å². The van der Waals surface area contributed by atoms with Crippen molar-refractivity contribution in [3.8, 4) is 11.3 Å². The maximum absolute atomic E-state index is 12.9. The Morgan fingerprint density at radius 2 is 1.81 bits per heavy atom. The smallest absolute Gasteiger partial charge is 0.287 e. The van der Waals surface area contributed by atoms with Crippen molar-refractivity contribution in [1.82, 2.24) is 9.78 Å². The molecule has 1 aromatic heterocycles. The van der Waals surface area contributed by atoms with Crippen LogP contribution >= 0.6 is 23.2 Å². The fourth-order valence-electron chi connectivity index (χ4n) is 2.62. The molecule has 0 aliphatic heterocycles. The molecule has 0 radical (unpaired) electrons. The van der Waals surface area contributed by atoms with Gasteiger partial charge >= 0.3 is 6.18 Å². The van der Waals surface area contributed by atoms with E-state index in [4.69, 9.17) is 23.2 Å². The molecule has 11 heteroatoms. The van der Waals surface area contributed by atoms with Crippen LogP contribution in [-0.2, 0) is 23.1 Å². The maximum Gasteiger partial charge on any atom is 0.433 e. The van der Waals surface area contributed by atoms with E-state index in [1.54, 1.807) is 0 Å². The molecule has 2 aromatic rings. The molecule has 1 fully saturated rings. The highest BCUT2D eigenvalue weighted by Gasteiger charge is 2.35. The van der Waals surface area contributed by atoms with E-state index >= 15 is 0 Å². The van der Waals surface area contributed by atoms with E-state index in [0.717, 1.165) is 32.0 Å². The average Bonchev–Trinajstić information content (AvgIpc) is 3.31. The van der Waals surface area contributed by atoms with Crippen molar-refractivity contribution < 1.29 is 21.6 Å². The standard InChI is InChI=1S/C16H13Cl2F3N2O3S/c1-23-14(16(19,20)21)6-12(24)15(22-23)9-4-13(11(18)5-10(9)17)27(25,26)7-8-2-3-8/h4-6,8H,2-3,7H2,1H3. The number of nitrogens with zero attached hydrogens (tertiary/aromatic N) is 2. The van der Waals surface area contributed by atoms with Gasteiger partial charge in [0.2, 0.25) is 5.43 Å². The molecule has 5 nitrogen and oxygen atoms in total. The summed E-state index contributed by atoms with van der Waals surface area (Å²) in [5, 5.41) is 3.45. The summed E-state index contributed by atoms with van der Waals surface area (Å²) in [6.45, 7) is 0. The molecule has 0 amide bonds. The summed E-state index contributed by atoms with van der Waals surface area (Å²) >= 11 is 12.1. The second kappa shape index (κ2) is 6.79. The Kier molecular flexibility index (Phi) is 5.07. The molecule has 0 bridgehead atoms. The highest BCUT2D eigenvalue weighted by atomic mass is 35.5. The van der Waals surface area contributed by atoms with Crippen molar-refractivity contribution in [2.24, 2.45) is 13.0 Å². The van der Waals surface area contributed by atoms with Gasteiger partial charge < -0.3 is 0 Å². The number of benzene rings is 1.